The van der Waals surface area contributed by atoms with Crippen molar-refractivity contribution in [2.24, 2.45) is 5.73 Å². The van der Waals surface area contributed by atoms with E-state index in [1.54, 1.807) is 0 Å². The number of unbranched alkanes of at least 4 members (excludes halogenated alkanes) is 2. The second-order valence-corrected chi connectivity index (χ2v) is 4.18. The van der Waals surface area contributed by atoms with Gasteiger partial charge in [0, 0.05) is 4.90 Å². The van der Waals surface area contributed by atoms with Gasteiger partial charge in [-0.2, -0.15) is 0 Å². The quantitative estimate of drug-likeness (QED) is 0.601. The highest BCUT2D eigenvalue weighted by molar-refractivity contribution is 7.99. The molecule has 1 aromatic rings. The Bertz CT molecular complexity index is 216. The summed E-state index contributed by atoms with van der Waals surface area (Å²) in [5.74, 6) is 1.21. The Labute approximate surface area is 96.9 Å². The Morgan fingerprint density at radius 1 is 1.00 bits per heavy atom. The normalized spacial score (nSPS) is 9.50. The maximum Gasteiger partial charge on any atom is 0.00719 e. The lowest BCUT2D eigenvalue weighted by molar-refractivity contribution is 0.732. The van der Waals surface area contributed by atoms with Gasteiger partial charge in [0.1, 0.15) is 0 Å². The van der Waals surface area contributed by atoms with E-state index in [0.29, 0.717) is 0 Å². The van der Waals surface area contributed by atoms with Gasteiger partial charge >= 0.3 is 0 Å². The summed E-state index contributed by atoms with van der Waals surface area (Å²) in [5, 5.41) is 0. The van der Waals surface area contributed by atoms with Crippen LogP contribution < -0.4 is 5.73 Å². The molecule has 0 amide bonds. The van der Waals surface area contributed by atoms with Crippen LogP contribution in [0.15, 0.2) is 35.2 Å². The van der Waals surface area contributed by atoms with Crippen LogP contribution in [0.1, 0.15) is 19.3 Å². The SMILES string of the molecule is Cl.NCCCCCSc1ccccc1. The Morgan fingerprint density at radius 2 is 1.71 bits per heavy atom. The molecule has 80 valence electrons. The van der Waals surface area contributed by atoms with E-state index in [4.69, 9.17) is 5.73 Å². The molecule has 0 aliphatic rings. The Kier molecular flexibility index (Phi) is 9.26. The molecule has 0 aromatic heterocycles. The molecular formula is C11H18ClNS. The van der Waals surface area contributed by atoms with Crippen molar-refractivity contribution in [1.82, 2.24) is 0 Å². The van der Waals surface area contributed by atoms with Crippen LogP contribution in [0, 0.1) is 0 Å². The smallest absolute Gasteiger partial charge is 0.00719 e. The minimum absolute atomic E-state index is 0. The third kappa shape index (κ3) is 6.30. The van der Waals surface area contributed by atoms with Crippen LogP contribution in [0.2, 0.25) is 0 Å². The van der Waals surface area contributed by atoms with Crippen molar-refractivity contribution in [2.75, 3.05) is 12.3 Å². The number of rotatable bonds is 6. The Hall–Kier alpha value is -0.180. The molecule has 0 bridgehead atoms. The maximum atomic E-state index is 5.42. The van der Waals surface area contributed by atoms with Crippen LogP contribution in [0.5, 0.6) is 0 Å². The standard InChI is InChI=1S/C11H17NS.ClH/c12-9-5-2-6-10-13-11-7-3-1-4-8-11;/h1,3-4,7-8H,2,5-6,9-10,12H2;1H. The molecule has 0 fully saturated rings. The van der Waals surface area contributed by atoms with E-state index in [-0.39, 0.29) is 12.4 Å². The molecular weight excluding hydrogens is 214 g/mol. The van der Waals surface area contributed by atoms with Crippen molar-refractivity contribution in [3.05, 3.63) is 30.3 Å². The first kappa shape index (κ1) is 13.8. The molecule has 0 aliphatic carbocycles. The van der Waals surface area contributed by atoms with Gasteiger partial charge in [-0.05, 0) is 37.3 Å². The molecule has 3 heteroatoms. The second kappa shape index (κ2) is 9.38. The lowest BCUT2D eigenvalue weighted by atomic mass is 10.2. The lowest BCUT2D eigenvalue weighted by Gasteiger charge is -2.00. The fraction of sp³-hybridized carbons (Fsp3) is 0.455. The zero-order chi connectivity index (χ0) is 9.36. The number of hydrogen-bond acceptors (Lipinski definition) is 2. The first-order valence-corrected chi connectivity index (χ1v) is 5.80. The minimum atomic E-state index is 0. The van der Waals surface area contributed by atoms with Crippen molar-refractivity contribution in [3.8, 4) is 0 Å². The molecule has 0 saturated heterocycles. The Balaban J connectivity index is 0.00000169. The van der Waals surface area contributed by atoms with E-state index in [0.717, 1.165) is 13.0 Å². The molecule has 1 nitrogen and oxygen atoms in total. The monoisotopic (exact) mass is 231 g/mol. The highest BCUT2D eigenvalue weighted by atomic mass is 35.5. The third-order valence-corrected chi connectivity index (χ3v) is 2.96. The summed E-state index contributed by atoms with van der Waals surface area (Å²) in [6.45, 7) is 0.829. The number of thioether (sulfide) groups is 1. The maximum absolute atomic E-state index is 5.42. The van der Waals surface area contributed by atoms with E-state index in [2.05, 4.69) is 30.3 Å². The van der Waals surface area contributed by atoms with E-state index in [1.807, 2.05) is 11.8 Å². The van der Waals surface area contributed by atoms with Gasteiger partial charge in [-0.3, -0.25) is 0 Å². The number of nitrogens with two attached hydrogens (primary N) is 1. The molecule has 0 spiro atoms. The molecule has 0 unspecified atom stereocenters. The first-order valence-electron chi connectivity index (χ1n) is 4.81. The topological polar surface area (TPSA) is 26.0 Å². The van der Waals surface area contributed by atoms with Crippen LogP contribution >= 0.6 is 24.2 Å². The van der Waals surface area contributed by atoms with Gasteiger partial charge < -0.3 is 5.73 Å². The summed E-state index contributed by atoms with van der Waals surface area (Å²) in [4.78, 5) is 1.37. The largest absolute Gasteiger partial charge is 0.330 e. The number of hydrogen-bond donors (Lipinski definition) is 1. The molecule has 0 aliphatic heterocycles. The average Bonchev–Trinajstić information content (AvgIpc) is 2.19. The minimum Gasteiger partial charge on any atom is -0.330 e. The third-order valence-electron chi connectivity index (χ3n) is 1.86. The first-order chi connectivity index (χ1) is 6.43. The van der Waals surface area contributed by atoms with E-state index < -0.39 is 0 Å². The Morgan fingerprint density at radius 3 is 2.36 bits per heavy atom. The van der Waals surface area contributed by atoms with E-state index >= 15 is 0 Å². The summed E-state index contributed by atoms with van der Waals surface area (Å²) >= 11 is 1.93. The molecule has 0 heterocycles. The lowest BCUT2D eigenvalue weighted by Crippen LogP contribution is -1.97. The van der Waals surface area contributed by atoms with Crippen LogP contribution in [0.3, 0.4) is 0 Å². The highest BCUT2D eigenvalue weighted by Crippen LogP contribution is 2.18. The van der Waals surface area contributed by atoms with Crippen molar-refractivity contribution in [2.45, 2.75) is 24.2 Å². The van der Waals surface area contributed by atoms with E-state index in [1.165, 1.54) is 23.5 Å². The van der Waals surface area contributed by atoms with Crippen molar-refractivity contribution < 1.29 is 0 Å². The summed E-state index contributed by atoms with van der Waals surface area (Å²) < 4.78 is 0. The van der Waals surface area contributed by atoms with Crippen LogP contribution in [0.4, 0.5) is 0 Å². The van der Waals surface area contributed by atoms with Gasteiger partial charge in [0.05, 0.1) is 0 Å². The van der Waals surface area contributed by atoms with Crippen LogP contribution in [-0.4, -0.2) is 12.3 Å². The molecule has 0 saturated carbocycles. The van der Waals surface area contributed by atoms with E-state index in [9.17, 15) is 0 Å². The van der Waals surface area contributed by atoms with Crippen molar-refractivity contribution in [1.29, 1.82) is 0 Å². The van der Waals surface area contributed by atoms with Gasteiger partial charge in [0.25, 0.3) is 0 Å². The second-order valence-electron chi connectivity index (χ2n) is 3.01. The zero-order valence-corrected chi connectivity index (χ0v) is 9.95. The van der Waals surface area contributed by atoms with Crippen molar-refractivity contribution in [3.63, 3.8) is 0 Å². The van der Waals surface area contributed by atoms with Crippen molar-refractivity contribution >= 4 is 24.2 Å². The van der Waals surface area contributed by atoms with Crippen LogP contribution in [-0.2, 0) is 0 Å². The van der Waals surface area contributed by atoms with Crippen LogP contribution in [0.25, 0.3) is 0 Å². The molecule has 2 N–H and O–H groups in total. The highest BCUT2D eigenvalue weighted by Gasteiger charge is 1.91. The molecule has 14 heavy (non-hydrogen) atoms. The summed E-state index contributed by atoms with van der Waals surface area (Å²) in [6, 6.07) is 10.5. The van der Waals surface area contributed by atoms with Gasteiger partial charge in [-0.15, -0.1) is 24.2 Å². The fourth-order valence-corrected chi connectivity index (χ4v) is 2.06. The summed E-state index contributed by atoms with van der Waals surface area (Å²) in [5.41, 5.74) is 5.42. The zero-order valence-electron chi connectivity index (χ0n) is 8.32. The molecule has 1 aromatic carbocycles. The van der Waals surface area contributed by atoms with Gasteiger partial charge in [0.15, 0.2) is 0 Å². The summed E-state index contributed by atoms with van der Waals surface area (Å²) in [6.07, 6.45) is 3.70. The number of halogens is 1. The molecule has 0 radical (unpaired) electrons. The number of benzene rings is 1. The van der Waals surface area contributed by atoms with Gasteiger partial charge in [-0.1, -0.05) is 24.6 Å². The average molecular weight is 232 g/mol. The predicted molar refractivity (Wildman–Crippen MR) is 67.3 cm³/mol. The predicted octanol–water partition coefficient (Wildman–Crippen LogP) is 3.33. The fourth-order valence-electron chi connectivity index (χ4n) is 1.13. The summed E-state index contributed by atoms with van der Waals surface area (Å²) in [7, 11) is 0. The molecule has 0 atom stereocenters. The van der Waals surface area contributed by atoms with Gasteiger partial charge in [0.2, 0.25) is 0 Å². The van der Waals surface area contributed by atoms with Gasteiger partial charge in [-0.25, -0.2) is 0 Å². The molecule has 1 rings (SSSR count).